The number of pyridine rings is 2. The maximum absolute atomic E-state index is 13.8. The number of nitrogens with two attached hydrogens (primary N) is 1. The van der Waals surface area contributed by atoms with Crippen molar-refractivity contribution in [3.05, 3.63) is 148 Å². The molecule has 5 aromatic rings. The van der Waals surface area contributed by atoms with E-state index in [2.05, 4.69) is 9.97 Å². The fourth-order valence-corrected chi connectivity index (χ4v) is 5.30. The highest BCUT2D eigenvalue weighted by Crippen LogP contribution is 2.36. The van der Waals surface area contributed by atoms with Crippen LogP contribution in [0.25, 0.3) is 0 Å². The number of aromatic nitrogens is 2. The molecule has 17 heteroatoms. The number of hydrogen-bond donors (Lipinski definition) is 2. The highest BCUT2D eigenvalue weighted by Gasteiger charge is 2.35. The van der Waals surface area contributed by atoms with Crippen LogP contribution in [0.5, 0.6) is 0 Å². The van der Waals surface area contributed by atoms with Crippen LogP contribution in [0.15, 0.2) is 96.4 Å². The van der Waals surface area contributed by atoms with E-state index in [4.69, 9.17) is 17.3 Å². The fraction of sp³-hybridized carbons (Fsp3) is 0.0323. The first-order valence-electron chi connectivity index (χ1n) is 13.0. The third-order valence-corrected chi connectivity index (χ3v) is 7.98. The van der Waals surface area contributed by atoms with Crippen molar-refractivity contribution in [2.45, 2.75) is 11.1 Å². The normalized spacial score (nSPS) is 11.3. The maximum atomic E-state index is 13.8. The SMILES string of the molecule is Nc1cc(F)c(F)cc1C(=O)c1cccnc1.O=C(c1cccnc1)c1cc(F)c(F)cc1NS(=O)(=O)c1ccc(Cl)c(C(F)(F)F)c1. The number of ketones is 2. The quantitative estimate of drug-likeness (QED) is 0.103. The molecule has 0 saturated heterocycles. The monoisotopic (exact) mass is 710 g/mol. The van der Waals surface area contributed by atoms with Crippen LogP contribution in [0.4, 0.5) is 42.1 Å². The standard InChI is InChI=1S/C19H10ClF5N2O3S.C12H8F2N2O/c20-14-4-3-11(6-13(14)19(23,24)25)31(29,30)27-17-8-16(22)15(21)7-12(17)18(28)10-2-1-5-26-9-10;13-9-4-8(11(15)5-10(9)14)12(17)7-2-1-3-16-6-7/h1-9,27H;1-6H,15H2. The van der Waals surface area contributed by atoms with E-state index in [1.54, 1.807) is 6.07 Å². The van der Waals surface area contributed by atoms with Crippen molar-refractivity contribution in [2.75, 3.05) is 10.5 Å². The van der Waals surface area contributed by atoms with Crippen molar-refractivity contribution in [3.63, 3.8) is 0 Å². The molecule has 248 valence electrons. The maximum Gasteiger partial charge on any atom is 0.417 e. The van der Waals surface area contributed by atoms with Crippen LogP contribution in [0, 0.1) is 23.3 Å². The first-order chi connectivity index (χ1) is 22.5. The molecule has 0 bridgehead atoms. The van der Waals surface area contributed by atoms with Crippen molar-refractivity contribution >= 4 is 44.6 Å². The van der Waals surface area contributed by atoms with Gasteiger partial charge in [-0.15, -0.1) is 0 Å². The predicted octanol–water partition coefficient (Wildman–Crippen LogP) is 7.24. The summed E-state index contributed by atoms with van der Waals surface area (Å²) in [7, 11) is -4.75. The Labute approximate surface area is 272 Å². The summed E-state index contributed by atoms with van der Waals surface area (Å²) in [6, 6.07) is 10.1. The molecule has 3 aromatic carbocycles. The molecule has 0 fully saturated rings. The Balaban J connectivity index is 0.000000257. The van der Waals surface area contributed by atoms with Crippen LogP contribution in [-0.2, 0) is 16.2 Å². The summed E-state index contributed by atoms with van der Waals surface area (Å²) >= 11 is 5.49. The van der Waals surface area contributed by atoms with Crippen molar-refractivity contribution in [3.8, 4) is 0 Å². The van der Waals surface area contributed by atoms with Gasteiger partial charge in [-0.2, -0.15) is 13.2 Å². The molecule has 0 aliphatic rings. The van der Waals surface area contributed by atoms with Gasteiger partial charge in [0.05, 0.1) is 21.2 Å². The minimum absolute atomic E-state index is 0.0557. The molecule has 2 aromatic heterocycles. The van der Waals surface area contributed by atoms with Crippen LogP contribution >= 0.6 is 11.6 Å². The van der Waals surface area contributed by atoms with Gasteiger partial charge < -0.3 is 5.73 Å². The Morgan fingerprint density at radius 2 is 1.23 bits per heavy atom. The number of nitrogens with zero attached hydrogens (tertiary/aromatic N) is 2. The summed E-state index contributed by atoms with van der Waals surface area (Å²) in [5.74, 6) is -6.48. The highest BCUT2D eigenvalue weighted by molar-refractivity contribution is 7.92. The second kappa shape index (κ2) is 14.2. The lowest BCUT2D eigenvalue weighted by atomic mass is 10.0. The van der Waals surface area contributed by atoms with E-state index in [9.17, 15) is 48.7 Å². The zero-order valence-corrected chi connectivity index (χ0v) is 25.3. The minimum atomic E-state index is -4.94. The third kappa shape index (κ3) is 8.13. The van der Waals surface area contributed by atoms with Gasteiger partial charge in [-0.05, 0) is 54.6 Å². The fourth-order valence-electron chi connectivity index (χ4n) is 3.98. The number of halogens is 8. The number of nitrogen functional groups attached to an aromatic ring is 1. The van der Waals surface area contributed by atoms with Crippen LogP contribution in [0.1, 0.15) is 37.4 Å². The smallest absolute Gasteiger partial charge is 0.398 e. The van der Waals surface area contributed by atoms with Crippen molar-refractivity contribution < 1.29 is 48.7 Å². The molecule has 48 heavy (non-hydrogen) atoms. The lowest BCUT2D eigenvalue weighted by molar-refractivity contribution is -0.137. The van der Waals surface area contributed by atoms with Gasteiger partial charge in [0.2, 0.25) is 0 Å². The third-order valence-electron chi connectivity index (χ3n) is 6.29. The van der Waals surface area contributed by atoms with Crippen molar-refractivity contribution in [2.24, 2.45) is 0 Å². The van der Waals surface area contributed by atoms with E-state index in [-0.39, 0.29) is 28.4 Å². The van der Waals surface area contributed by atoms with E-state index in [0.29, 0.717) is 12.1 Å². The Kier molecular flexibility index (Phi) is 10.5. The lowest BCUT2D eigenvalue weighted by Crippen LogP contribution is -2.18. The zero-order chi connectivity index (χ0) is 35.4. The second-order valence-electron chi connectivity index (χ2n) is 9.55. The molecule has 0 aliphatic carbocycles. The Morgan fingerprint density at radius 1 is 0.729 bits per heavy atom. The van der Waals surface area contributed by atoms with E-state index < -0.39 is 77.8 Å². The average molecular weight is 711 g/mol. The van der Waals surface area contributed by atoms with Gasteiger partial charge in [-0.3, -0.25) is 24.3 Å². The van der Waals surface area contributed by atoms with Gasteiger partial charge in [-0.25, -0.2) is 26.0 Å². The van der Waals surface area contributed by atoms with E-state index in [0.717, 1.165) is 30.5 Å². The van der Waals surface area contributed by atoms with Gasteiger partial charge in [0, 0.05) is 64.9 Å². The van der Waals surface area contributed by atoms with Gasteiger partial charge in [0.25, 0.3) is 10.0 Å². The largest absolute Gasteiger partial charge is 0.417 e. The summed E-state index contributed by atoms with van der Waals surface area (Å²) in [5.41, 5.74) is 2.87. The van der Waals surface area contributed by atoms with Gasteiger partial charge in [0.15, 0.2) is 34.8 Å². The molecule has 0 amide bonds. The van der Waals surface area contributed by atoms with Crippen molar-refractivity contribution in [1.82, 2.24) is 9.97 Å². The molecule has 3 N–H and O–H groups in total. The number of sulfonamides is 1. The molecule has 0 spiro atoms. The average Bonchev–Trinajstić information content (AvgIpc) is 3.04. The highest BCUT2D eigenvalue weighted by atomic mass is 35.5. The van der Waals surface area contributed by atoms with E-state index >= 15 is 0 Å². The summed E-state index contributed by atoms with van der Waals surface area (Å²) in [5, 5.41) is -0.730. The lowest BCUT2D eigenvalue weighted by Gasteiger charge is -2.15. The molecule has 2 heterocycles. The van der Waals surface area contributed by atoms with Gasteiger partial charge in [0.1, 0.15) is 0 Å². The number of rotatable bonds is 7. The summed E-state index contributed by atoms with van der Waals surface area (Å²) in [6.45, 7) is 0. The predicted molar refractivity (Wildman–Crippen MR) is 160 cm³/mol. The van der Waals surface area contributed by atoms with Gasteiger partial charge >= 0.3 is 6.18 Å². The number of nitrogens with one attached hydrogen (secondary N) is 1. The molecule has 0 saturated carbocycles. The van der Waals surface area contributed by atoms with Gasteiger partial charge in [-0.1, -0.05) is 11.6 Å². The first kappa shape index (κ1) is 35.5. The molecule has 5 rings (SSSR count). The number of alkyl halides is 3. The van der Waals surface area contributed by atoms with E-state index in [1.807, 2.05) is 4.72 Å². The molecule has 0 unspecified atom stereocenters. The van der Waals surface area contributed by atoms with Crippen LogP contribution in [-0.4, -0.2) is 30.0 Å². The molecule has 0 radical (unpaired) electrons. The number of anilines is 2. The van der Waals surface area contributed by atoms with Crippen LogP contribution in [0.3, 0.4) is 0 Å². The molecular weight excluding hydrogens is 693 g/mol. The molecule has 0 aliphatic heterocycles. The molecule has 0 atom stereocenters. The number of benzene rings is 3. The van der Waals surface area contributed by atoms with E-state index in [1.165, 1.54) is 36.8 Å². The molecule has 8 nitrogen and oxygen atoms in total. The molecular formula is C31H18ClF7N4O4S. The summed E-state index contributed by atoms with van der Waals surface area (Å²) in [6.07, 6.45) is 0.377. The summed E-state index contributed by atoms with van der Waals surface area (Å²) < 4.78 is 120. The minimum Gasteiger partial charge on any atom is -0.398 e. The first-order valence-corrected chi connectivity index (χ1v) is 14.9. The van der Waals surface area contributed by atoms with Crippen LogP contribution < -0.4 is 10.5 Å². The number of carbonyl (C=O) groups is 2. The van der Waals surface area contributed by atoms with Crippen LogP contribution in [0.2, 0.25) is 5.02 Å². The second-order valence-corrected chi connectivity index (χ2v) is 11.6. The Hall–Kier alpha value is -5.35. The number of carbonyl (C=O) groups excluding carboxylic acids is 2. The zero-order valence-electron chi connectivity index (χ0n) is 23.7. The Morgan fingerprint density at radius 3 is 1.75 bits per heavy atom. The Bertz CT molecular complexity index is 2120. The summed E-state index contributed by atoms with van der Waals surface area (Å²) in [4.78, 5) is 31.2. The number of hydrogen-bond acceptors (Lipinski definition) is 7. The van der Waals surface area contributed by atoms with Crippen molar-refractivity contribution in [1.29, 1.82) is 0 Å². The topological polar surface area (TPSA) is 132 Å².